The van der Waals surface area contributed by atoms with Crippen molar-refractivity contribution in [3.8, 4) is 0 Å². The fourth-order valence-corrected chi connectivity index (χ4v) is 6.53. The molecule has 6 heteroatoms. The summed E-state index contributed by atoms with van der Waals surface area (Å²) in [5.74, 6) is -0.988. The number of carbonyl (C=O) groups is 2. The zero-order valence-corrected chi connectivity index (χ0v) is 18.1. The number of hydrogen-bond donors (Lipinski definition) is 0. The Morgan fingerprint density at radius 1 is 0.700 bits per heavy atom. The van der Waals surface area contributed by atoms with Gasteiger partial charge in [0.15, 0.2) is 0 Å². The van der Waals surface area contributed by atoms with Crippen molar-refractivity contribution in [3.63, 3.8) is 0 Å². The summed E-state index contributed by atoms with van der Waals surface area (Å²) in [5, 5.41) is 3.45. The van der Waals surface area contributed by atoms with Gasteiger partial charge in [0.1, 0.15) is 0 Å². The number of thiophene rings is 2. The molecule has 4 nitrogen and oxygen atoms in total. The molecule has 2 aromatic heterocycles. The van der Waals surface area contributed by atoms with Gasteiger partial charge in [-0.3, -0.25) is 0 Å². The standard InChI is InChI=1S/C24H18O4S2/c1-3-27-23(25)19-17-13-9-5-7-11-15(13)29-21(17)22-18(20(19)24(26)28-4-2)14-10-6-8-12-16(14)30-22/h5-12H,3-4H2,1-2H3. The molecule has 0 amide bonds. The predicted octanol–water partition coefficient (Wildman–Crippen LogP) is 6.78. The largest absolute Gasteiger partial charge is 0.462 e. The number of benzene rings is 3. The Morgan fingerprint density at radius 3 is 1.50 bits per heavy atom. The van der Waals surface area contributed by atoms with E-state index >= 15 is 0 Å². The quantitative estimate of drug-likeness (QED) is 0.293. The molecule has 0 fully saturated rings. The SMILES string of the molecule is CCOC(=O)c1c(C(=O)OCC)c2c3ccccc3sc2c2sc3ccccc3c12. The first-order valence-corrected chi connectivity index (χ1v) is 11.4. The lowest BCUT2D eigenvalue weighted by Gasteiger charge is -2.12. The van der Waals surface area contributed by atoms with E-state index in [9.17, 15) is 9.59 Å². The summed E-state index contributed by atoms with van der Waals surface area (Å²) in [6.45, 7) is 3.99. The van der Waals surface area contributed by atoms with Gasteiger partial charge in [-0.1, -0.05) is 36.4 Å². The van der Waals surface area contributed by atoms with Gasteiger partial charge in [0, 0.05) is 30.9 Å². The molecule has 0 spiro atoms. The maximum absolute atomic E-state index is 13.2. The van der Waals surface area contributed by atoms with Crippen molar-refractivity contribution in [2.24, 2.45) is 0 Å². The Morgan fingerprint density at radius 2 is 1.10 bits per heavy atom. The van der Waals surface area contributed by atoms with E-state index in [0.717, 1.165) is 40.3 Å². The second-order valence-corrected chi connectivity index (χ2v) is 8.90. The topological polar surface area (TPSA) is 52.6 Å². The molecule has 5 rings (SSSR count). The van der Waals surface area contributed by atoms with Crippen LogP contribution in [-0.4, -0.2) is 25.2 Å². The molecule has 150 valence electrons. The lowest BCUT2D eigenvalue weighted by Crippen LogP contribution is -2.15. The highest BCUT2D eigenvalue weighted by molar-refractivity contribution is 7.33. The van der Waals surface area contributed by atoms with Gasteiger partial charge >= 0.3 is 11.9 Å². The first kappa shape index (κ1) is 19.0. The molecule has 2 heterocycles. The smallest absolute Gasteiger partial charge is 0.339 e. The van der Waals surface area contributed by atoms with Crippen LogP contribution in [0.25, 0.3) is 40.3 Å². The number of carbonyl (C=O) groups excluding carboxylic acids is 2. The van der Waals surface area contributed by atoms with Gasteiger partial charge in [0.2, 0.25) is 0 Å². The van der Waals surface area contributed by atoms with Gasteiger partial charge in [-0.2, -0.15) is 0 Å². The Kier molecular flexibility index (Phi) is 4.68. The Balaban J connectivity index is 2.09. The third-order valence-electron chi connectivity index (χ3n) is 5.11. The average molecular weight is 435 g/mol. The Bertz CT molecular complexity index is 1350. The summed E-state index contributed by atoms with van der Waals surface area (Å²) in [6.07, 6.45) is 0. The minimum absolute atomic E-state index is 0.229. The number of ether oxygens (including phenoxy) is 2. The van der Waals surface area contributed by atoms with E-state index in [4.69, 9.17) is 9.47 Å². The normalized spacial score (nSPS) is 11.5. The molecule has 3 aromatic carbocycles. The van der Waals surface area contributed by atoms with E-state index in [1.165, 1.54) is 0 Å². The third-order valence-corrected chi connectivity index (χ3v) is 7.61. The van der Waals surface area contributed by atoms with Gasteiger partial charge < -0.3 is 9.47 Å². The molecule has 0 aliphatic heterocycles. The van der Waals surface area contributed by atoms with E-state index in [2.05, 4.69) is 0 Å². The molecule has 0 radical (unpaired) electrons. The molecule has 0 saturated heterocycles. The molecule has 0 N–H and O–H groups in total. The van der Waals surface area contributed by atoms with Gasteiger partial charge in [0.05, 0.1) is 33.7 Å². The highest BCUT2D eigenvalue weighted by atomic mass is 32.1. The highest BCUT2D eigenvalue weighted by Crippen LogP contribution is 2.48. The van der Waals surface area contributed by atoms with Crippen molar-refractivity contribution < 1.29 is 19.1 Å². The predicted molar refractivity (Wildman–Crippen MR) is 124 cm³/mol. The molecule has 5 aromatic rings. The fourth-order valence-electron chi connectivity index (χ4n) is 3.97. The van der Waals surface area contributed by atoms with Crippen LogP contribution in [-0.2, 0) is 9.47 Å². The van der Waals surface area contributed by atoms with Crippen LogP contribution in [0.5, 0.6) is 0 Å². The van der Waals surface area contributed by atoms with Crippen LogP contribution in [0.4, 0.5) is 0 Å². The molecule has 0 aliphatic carbocycles. The van der Waals surface area contributed by atoms with Crippen LogP contribution in [0, 0.1) is 0 Å². The monoisotopic (exact) mass is 434 g/mol. The number of esters is 2. The second kappa shape index (κ2) is 7.38. The first-order valence-electron chi connectivity index (χ1n) is 9.78. The van der Waals surface area contributed by atoms with Crippen LogP contribution >= 0.6 is 22.7 Å². The molecule has 0 bridgehead atoms. The summed E-state index contributed by atoms with van der Waals surface area (Å²) in [6, 6.07) is 15.9. The van der Waals surface area contributed by atoms with E-state index in [0.29, 0.717) is 11.1 Å². The van der Waals surface area contributed by atoms with Crippen molar-refractivity contribution >= 4 is 75.0 Å². The Labute approximate surface area is 180 Å². The molecular formula is C24H18O4S2. The molecule has 0 aliphatic rings. The van der Waals surface area contributed by atoms with Crippen molar-refractivity contribution in [3.05, 3.63) is 59.7 Å². The molecule has 30 heavy (non-hydrogen) atoms. The third kappa shape index (κ3) is 2.71. The molecule has 0 unspecified atom stereocenters. The average Bonchev–Trinajstić information content (AvgIpc) is 3.32. The van der Waals surface area contributed by atoms with Crippen molar-refractivity contribution in [2.45, 2.75) is 13.8 Å². The summed E-state index contributed by atoms with van der Waals surface area (Å²) in [7, 11) is 0. The number of fused-ring (bicyclic) bond motifs is 7. The van der Waals surface area contributed by atoms with Crippen molar-refractivity contribution in [2.75, 3.05) is 13.2 Å². The molecular weight excluding hydrogens is 416 g/mol. The van der Waals surface area contributed by atoms with Crippen LogP contribution in [0.2, 0.25) is 0 Å². The minimum atomic E-state index is -0.494. The zero-order valence-electron chi connectivity index (χ0n) is 16.5. The van der Waals surface area contributed by atoms with E-state index < -0.39 is 11.9 Å². The van der Waals surface area contributed by atoms with Gasteiger partial charge in [-0.15, -0.1) is 22.7 Å². The zero-order chi connectivity index (χ0) is 20.8. The molecule has 0 saturated carbocycles. The summed E-state index contributed by atoms with van der Waals surface area (Å²) in [5.41, 5.74) is 0.609. The van der Waals surface area contributed by atoms with Crippen molar-refractivity contribution in [1.29, 1.82) is 0 Å². The van der Waals surface area contributed by atoms with E-state index in [-0.39, 0.29) is 13.2 Å². The van der Waals surface area contributed by atoms with Crippen molar-refractivity contribution in [1.82, 2.24) is 0 Å². The van der Waals surface area contributed by atoms with Gasteiger partial charge in [-0.05, 0) is 26.0 Å². The first-order chi connectivity index (χ1) is 14.7. The fraction of sp³-hybridized carbons (Fsp3) is 0.167. The number of hydrogen-bond acceptors (Lipinski definition) is 6. The van der Waals surface area contributed by atoms with Gasteiger partial charge in [0.25, 0.3) is 0 Å². The van der Waals surface area contributed by atoms with E-state index in [1.807, 2.05) is 48.5 Å². The van der Waals surface area contributed by atoms with Crippen LogP contribution in [0.3, 0.4) is 0 Å². The summed E-state index contributed by atoms with van der Waals surface area (Å²) < 4.78 is 15.0. The van der Waals surface area contributed by atoms with E-state index in [1.54, 1.807) is 36.5 Å². The maximum atomic E-state index is 13.2. The second-order valence-electron chi connectivity index (χ2n) is 6.80. The number of rotatable bonds is 4. The lowest BCUT2D eigenvalue weighted by atomic mass is 9.95. The highest BCUT2D eigenvalue weighted by Gasteiger charge is 2.30. The summed E-state index contributed by atoms with van der Waals surface area (Å²) >= 11 is 3.28. The van der Waals surface area contributed by atoms with Crippen LogP contribution in [0.15, 0.2) is 48.5 Å². The van der Waals surface area contributed by atoms with Crippen LogP contribution < -0.4 is 0 Å². The van der Waals surface area contributed by atoms with Gasteiger partial charge in [-0.25, -0.2) is 9.59 Å². The molecule has 0 atom stereocenters. The minimum Gasteiger partial charge on any atom is -0.462 e. The Hall–Kier alpha value is -2.96. The van der Waals surface area contributed by atoms with Crippen LogP contribution in [0.1, 0.15) is 34.6 Å². The lowest BCUT2D eigenvalue weighted by molar-refractivity contribution is 0.0483. The summed E-state index contributed by atoms with van der Waals surface area (Å²) in [4.78, 5) is 26.4. The maximum Gasteiger partial charge on any atom is 0.339 e.